The van der Waals surface area contributed by atoms with Crippen LogP contribution in [0.5, 0.6) is 0 Å². The van der Waals surface area contributed by atoms with Gasteiger partial charge in [-0.25, -0.2) is 4.98 Å². The standard InChI is InChI=1S/C9H9ClN2O/c1-2-3-9(13)12-7-4-5-8(10)11-6-7/h2,4-6H,1,3H2,(H,12,13). The Kier molecular flexibility index (Phi) is 3.46. The molecular formula is C9H9ClN2O. The third-order valence-electron chi connectivity index (χ3n) is 1.34. The third-order valence-corrected chi connectivity index (χ3v) is 1.56. The molecule has 0 aliphatic carbocycles. The lowest BCUT2D eigenvalue weighted by atomic mass is 10.3. The fourth-order valence-corrected chi connectivity index (χ4v) is 0.905. The van der Waals surface area contributed by atoms with Gasteiger partial charge in [0.15, 0.2) is 0 Å². The van der Waals surface area contributed by atoms with Crippen LogP contribution in [0.2, 0.25) is 5.15 Å². The molecule has 1 aromatic rings. The molecule has 0 saturated heterocycles. The largest absolute Gasteiger partial charge is 0.324 e. The van der Waals surface area contributed by atoms with Crippen LogP contribution in [0.4, 0.5) is 5.69 Å². The summed E-state index contributed by atoms with van der Waals surface area (Å²) >= 11 is 5.57. The van der Waals surface area contributed by atoms with Crippen LogP contribution in [-0.4, -0.2) is 10.9 Å². The van der Waals surface area contributed by atoms with E-state index in [0.717, 1.165) is 0 Å². The van der Waals surface area contributed by atoms with Crippen LogP contribution < -0.4 is 5.32 Å². The Hall–Kier alpha value is -1.35. The van der Waals surface area contributed by atoms with E-state index in [4.69, 9.17) is 11.6 Å². The highest BCUT2D eigenvalue weighted by molar-refractivity contribution is 6.29. The van der Waals surface area contributed by atoms with Gasteiger partial charge < -0.3 is 5.32 Å². The van der Waals surface area contributed by atoms with Gasteiger partial charge in [0.05, 0.1) is 11.9 Å². The lowest BCUT2D eigenvalue weighted by molar-refractivity contribution is -0.115. The number of amides is 1. The van der Waals surface area contributed by atoms with Gasteiger partial charge in [-0.3, -0.25) is 4.79 Å². The molecule has 1 aromatic heterocycles. The number of nitrogens with one attached hydrogen (secondary N) is 1. The highest BCUT2D eigenvalue weighted by Gasteiger charge is 1.98. The number of rotatable bonds is 3. The topological polar surface area (TPSA) is 42.0 Å². The van der Waals surface area contributed by atoms with E-state index in [-0.39, 0.29) is 5.91 Å². The minimum atomic E-state index is -0.112. The molecule has 0 aliphatic rings. The van der Waals surface area contributed by atoms with Crippen molar-refractivity contribution >= 4 is 23.2 Å². The molecule has 13 heavy (non-hydrogen) atoms. The first-order valence-electron chi connectivity index (χ1n) is 3.74. The minimum Gasteiger partial charge on any atom is -0.324 e. The van der Waals surface area contributed by atoms with Crippen LogP contribution in [0.3, 0.4) is 0 Å². The van der Waals surface area contributed by atoms with Gasteiger partial charge in [0.2, 0.25) is 5.91 Å². The summed E-state index contributed by atoms with van der Waals surface area (Å²) in [5.41, 5.74) is 0.635. The van der Waals surface area contributed by atoms with Gasteiger partial charge in [0, 0.05) is 6.42 Å². The molecule has 1 heterocycles. The van der Waals surface area contributed by atoms with Gasteiger partial charge in [0.25, 0.3) is 0 Å². The van der Waals surface area contributed by atoms with Gasteiger partial charge in [0.1, 0.15) is 5.15 Å². The number of pyridine rings is 1. The number of aromatic nitrogens is 1. The van der Waals surface area contributed by atoms with E-state index in [1.54, 1.807) is 18.2 Å². The molecule has 0 bridgehead atoms. The number of hydrogen-bond acceptors (Lipinski definition) is 2. The van der Waals surface area contributed by atoms with Crippen molar-refractivity contribution in [1.29, 1.82) is 0 Å². The lowest BCUT2D eigenvalue weighted by Crippen LogP contribution is -2.09. The van der Waals surface area contributed by atoms with Gasteiger partial charge in [-0.15, -0.1) is 6.58 Å². The maximum Gasteiger partial charge on any atom is 0.228 e. The molecule has 1 N–H and O–H groups in total. The van der Waals surface area contributed by atoms with Crippen molar-refractivity contribution in [3.8, 4) is 0 Å². The second kappa shape index (κ2) is 4.62. The van der Waals surface area contributed by atoms with Crippen molar-refractivity contribution in [1.82, 2.24) is 4.98 Å². The fraction of sp³-hybridized carbons (Fsp3) is 0.111. The molecule has 68 valence electrons. The monoisotopic (exact) mass is 196 g/mol. The van der Waals surface area contributed by atoms with Crippen molar-refractivity contribution in [2.45, 2.75) is 6.42 Å². The Morgan fingerprint density at radius 2 is 2.46 bits per heavy atom. The average molecular weight is 197 g/mol. The Morgan fingerprint density at radius 3 is 3.00 bits per heavy atom. The summed E-state index contributed by atoms with van der Waals surface area (Å²) in [6.45, 7) is 3.46. The Morgan fingerprint density at radius 1 is 1.69 bits per heavy atom. The van der Waals surface area contributed by atoms with Gasteiger partial charge >= 0.3 is 0 Å². The van der Waals surface area contributed by atoms with Gasteiger partial charge in [-0.2, -0.15) is 0 Å². The van der Waals surface area contributed by atoms with E-state index in [1.807, 2.05) is 0 Å². The van der Waals surface area contributed by atoms with Crippen molar-refractivity contribution in [2.24, 2.45) is 0 Å². The van der Waals surface area contributed by atoms with Crippen molar-refractivity contribution in [3.05, 3.63) is 36.1 Å². The quantitative estimate of drug-likeness (QED) is 0.595. The van der Waals surface area contributed by atoms with Crippen LogP contribution in [0, 0.1) is 0 Å². The molecule has 4 heteroatoms. The highest BCUT2D eigenvalue weighted by Crippen LogP contribution is 2.09. The number of nitrogens with zero attached hydrogens (tertiary/aromatic N) is 1. The van der Waals surface area contributed by atoms with E-state index in [9.17, 15) is 4.79 Å². The molecule has 0 fully saturated rings. The van der Waals surface area contributed by atoms with Crippen LogP contribution in [0.25, 0.3) is 0 Å². The van der Waals surface area contributed by atoms with Crippen LogP contribution >= 0.6 is 11.6 Å². The molecule has 0 aliphatic heterocycles. The third kappa shape index (κ3) is 3.25. The summed E-state index contributed by atoms with van der Waals surface area (Å²) in [6.07, 6.45) is 3.34. The second-order valence-corrected chi connectivity index (χ2v) is 2.80. The van der Waals surface area contributed by atoms with Crippen LogP contribution in [0.1, 0.15) is 6.42 Å². The zero-order valence-electron chi connectivity index (χ0n) is 6.96. The molecule has 0 atom stereocenters. The van der Waals surface area contributed by atoms with Crippen LogP contribution in [0.15, 0.2) is 31.0 Å². The number of halogens is 1. The average Bonchev–Trinajstić information content (AvgIpc) is 2.09. The molecular weight excluding hydrogens is 188 g/mol. The molecule has 0 radical (unpaired) electrons. The second-order valence-electron chi connectivity index (χ2n) is 2.41. The van der Waals surface area contributed by atoms with Gasteiger partial charge in [-0.05, 0) is 12.1 Å². The van der Waals surface area contributed by atoms with E-state index in [1.165, 1.54) is 6.20 Å². The summed E-state index contributed by atoms with van der Waals surface area (Å²) in [7, 11) is 0. The number of anilines is 1. The zero-order chi connectivity index (χ0) is 9.68. The molecule has 0 spiro atoms. The Labute approximate surface area is 81.4 Å². The maximum atomic E-state index is 11.1. The Balaban J connectivity index is 2.59. The Bertz CT molecular complexity index is 308. The first kappa shape index (κ1) is 9.74. The molecule has 1 rings (SSSR count). The molecule has 3 nitrogen and oxygen atoms in total. The SMILES string of the molecule is C=CCC(=O)Nc1ccc(Cl)nc1. The summed E-state index contributed by atoms with van der Waals surface area (Å²) in [5, 5.41) is 3.04. The van der Waals surface area contributed by atoms with Crippen molar-refractivity contribution in [2.75, 3.05) is 5.32 Å². The summed E-state index contributed by atoms with van der Waals surface area (Å²) in [5.74, 6) is -0.112. The molecule has 0 saturated carbocycles. The predicted octanol–water partition coefficient (Wildman–Crippen LogP) is 2.25. The zero-order valence-corrected chi connectivity index (χ0v) is 7.71. The summed E-state index contributed by atoms with van der Waals surface area (Å²) in [6, 6.07) is 3.31. The van der Waals surface area contributed by atoms with Crippen molar-refractivity contribution in [3.63, 3.8) is 0 Å². The lowest BCUT2D eigenvalue weighted by Gasteiger charge is -2.01. The first-order valence-corrected chi connectivity index (χ1v) is 4.12. The van der Waals surface area contributed by atoms with E-state index < -0.39 is 0 Å². The number of carbonyl (C=O) groups excluding carboxylic acids is 1. The maximum absolute atomic E-state index is 11.1. The highest BCUT2D eigenvalue weighted by atomic mass is 35.5. The first-order chi connectivity index (χ1) is 6.22. The smallest absolute Gasteiger partial charge is 0.228 e. The van der Waals surface area contributed by atoms with Gasteiger partial charge in [-0.1, -0.05) is 17.7 Å². The predicted molar refractivity (Wildman–Crippen MR) is 52.7 cm³/mol. The van der Waals surface area contributed by atoms with E-state index in [0.29, 0.717) is 17.3 Å². The number of carbonyl (C=O) groups is 1. The minimum absolute atomic E-state index is 0.112. The normalized spacial score (nSPS) is 9.31. The molecule has 1 amide bonds. The van der Waals surface area contributed by atoms with E-state index >= 15 is 0 Å². The number of hydrogen-bond donors (Lipinski definition) is 1. The summed E-state index contributed by atoms with van der Waals surface area (Å²) < 4.78 is 0. The molecule has 0 unspecified atom stereocenters. The van der Waals surface area contributed by atoms with Crippen molar-refractivity contribution < 1.29 is 4.79 Å². The van der Waals surface area contributed by atoms with E-state index in [2.05, 4.69) is 16.9 Å². The summed E-state index contributed by atoms with van der Waals surface area (Å²) in [4.78, 5) is 14.9. The molecule has 0 aromatic carbocycles. The van der Waals surface area contributed by atoms with Crippen LogP contribution in [-0.2, 0) is 4.79 Å². The fourth-order valence-electron chi connectivity index (χ4n) is 0.793.